The molecule has 0 bridgehead atoms. The quantitative estimate of drug-likeness (QED) is 0.277. The molecule has 0 spiro atoms. The van der Waals surface area contributed by atoms with Gasteiger partial charge in [-0.2, -0.15) is 0 Å². The minimum absolute atomic E-state index is 0.0195. The highest BCUT2D eigenvalue weighted by Gasteiger charge is 2.43. The molecule has 1 rings (SSSR count). The second-order valence-corrected chi connectivity index (χ2v) is 5.68. The Balaban J connectivity index is 2.39. The number of carbonyl (C=O) groups is 4. The largest absolute Gasteiger partial charge is 0.480 e. The summed E-state index contributed by atoms with van der Waals surface area (Å²) in [5.74, 6) is -3.67. The molecule has 2 unspecified atom stereocenters. The monoisotopic (exact) mass is 362 g/mol. The van der Waals surface area contributed by atoms with Crippen molar-refractivity contribution in [3.05, 3.63) is 12.3 Å². The van der Waals surface area contributed by atoms with Crippen molar-refractivity contribution in [1.82, 2.24) is 10.2 Å². The van der Waals surface area contributed by atoms with E-state index in [0.717, 1.165) is 6.08 Å². The zero-order valence-corrected chi connectivity index (χ0v) is 13.3. The number of nitrogens with two attached hydrogens (primary N) is 2. The van der Waals surface area contributed by atoms with E-state index < -0.39 is 47.9 Å². The van der Waals surface area contributed by atoms with Gasteiger partial charge in [0, 0.05) is 25.4 Å². The summed E-state index contributed by atoms with van der Waals surface area (Å²) < 4.78 is 25.4. The van der Waals surface area contributed by atoms with Crippen molar-refractivity contribution in [2.75, 3.05) is 19.6 Å². The van der Waals surface area contributed by atoms with E-state index in [1.807, 2.05) is 0 Å². The Labute approximate surface area is 142 Å². The number of ketones is 2. The first-order chi connectivity index (χ1) is 11.6. The number of carbonyl (C=O) groups excluding carboxylic acids is 3. The molecule has 140 valence electrons. The summed E-state index contributed by atoms with van der Waals surface area (Å²) in [5, 5.41) is 11.1. The smallest absolute Gasteiger partial charge is 0.329 e. The SMILES string of the molecule is NC(CN1C=CC(=O)C(=O)C1)C(=O)NCCCC(N)(C(=O)O)C(F)F. The molecule has 25 heavy (non-hydrogen) atoms. The van der Waals surface area contributed by atoms with Crippen molar-refractivity contribution in [2.24, 2.45) is 11.5 Å². The molecular weight excluding hydrogens is 342 g/mol. The number of aliphatic carboxylic acids is 1. The zero-order valence-electron chi connectivity index (χ0n) is 13.3. The third-order valence-corrected chi connectivity index (χ3v) is 3.68. The van der Waals surface area contributed by atoms with Crippen LogP contribution in [0, 0.1) is 0 Å². The molecular formula is C14H20F2N4O5. The number of Topliss-reactive ketones (excluding diaryl/α,β-unsaturated/α-hetero) is 1. The minimum Gasteiger partial charge on any atom is -0.480 e. The van der Waals surface area contributed by atoms with E-state index in [-0.39, 0.29) is 26.1 Å². The van der Waals surface area contributed by atoms with Crippen LogP contribution in [0.3, 0.4) is 0 Å². The van der Waals surface area contributed by atoms with Gasteiger partial charge < -0.3 is 26.8 Å². The summed E-state index contributed by atoms with van der Waals surface area (Å²) in [6, 6.07) is -1.03. The number of amides is 1. The lowest BCUT2D eigenvalue weighted by molar-refractivity contribution is -0.150. The van der Waals surface area contributed by atoms with E-state index in [0.29, 0.717) is 0 Å². The number of alkyl halides is 2. The van der Waals surface area contributed by atoms with Crippen LogP contribution in [-0.4, -0.2) is 71.1 Å². The van der Waals surface area contributed by atoms with Crippen LogP contribution in [0.5, 0.6) is 0 Å². The maximum absolute atomic E-state index is 12.7. The van der Waals surface area contributed by atoms with Crippen LogP contribution in [0.2, 0.25) is 0 Å². The third-order valence-electron chi connectivity index (χ3n) is 3.68. The Bertz CT molecular complexity index is 584. The number of allylic oxidation sites excluding steroid dienone is 1. The van der Waals surface area contributed by atoms with Crippen LogP contribution in [-0.2, 0) is 19.2 Å². The first-order valence-corrected chi connectivity index (χ1v) is 7.41. The number of carboxylic acid groups (broad SMARTS) is 1. The van der Waals surface area contributed by atoms with E-state index in [9.17, 15) is 28.0 Å². The number of nitrogens with one attached hydrogen (secondary N) is 1. The van der Waals surface area contributed by atoms with E-state index in [2.05, 4.69) is 5.32 Å². The molecule has 0 aromatic rings. The minimum atomic E-state index is -3.24. The normalized spacial score (nSPS) is 18.2. The summed E-state index contributed by atoms with van der Waals surface area (Å²) in [5.41, 5.74) is 8.15. The Hall–Kier alpha value is -2.40. The number of hydrogen-bond acceptors (Lipinski definition) is 7. The highest BCUT2D eigenvalue weighted by Crippen LogP contribution is 2.19. The highest BCUT2D eigenvalue weighted by molar-refractivity contribution is 6.42. The summed E-state index contributed by atoms with van der Waals surface area (Å²) in [4.78, 5) is 46.3. The maximum Gasteiger partial charge on any atom is 0.329 e. The predicted octanol–water partition coefficient (Wildman–Crippen LogP) is -1.78. The molecule has 6 N–H and O–H groups in total. The molecule has 9 nitrogen and oxygen atoms in total. The van der Waals surface area contributed by atoms with Gasteiger partial charge in [-0.25, -0.2) is 13.6 Å². The average Bonchev–Trinajstić information content (AvgIpc) is 2.54. The Morgan fingerprint density at radius 1 is 1.40 bits per heavy atom. The first kappa shape index (κ1) is 20.6. The molecule has 0 radical (unpaired) electrons. The second-order valence-electron chi connectivity index (χ2n) is 5.68. The topological polar surface area (TPSA) is 156 Å². The number of carboxylic acids is 1. The van der Waals surface area contributed by atoms with Gasteiger partial charge in [0.25, 0.3) is 6.43 Å². The molecule has 0 saturated heterocycles. The highest BCUT2D eigenvalue weighted by atomic mass is 19.3. The number of hydrogen-bond donors (Lipinski definition) is 4. The Morgan fingerprint density at radius 3 is 2.56 bits per heavy atom. The Kier molecular flexibility index (Phi) is 7.12. The lowest BCUT2D eigenvalue weighted by Gasteiger charge is -2.25. The van der Waals surface area contributed by atoms with Crippen molar-refractivity contribution in [3.63, 3.8) is 0 Å². The fraction of sp³-hybridized carbons (Fsp3) is 0.571. The van der Waals surface area contributed by atoms with Crippen LogP contribution >= 0.6 is 0 Å². The molecule has 2 atom stereocenters. The van der Waals surface area contributed by atoms with E-state index >= 15 is 0 Å². The van der Waals surface area contributed by atoms with E-state index in [4.69, 9.17) is 16.6 Å². The molecule has 0 aliphatic carbocycles. The third kappa shape index (κ3) is 5.57. The van der Waals surface area contributed by atoms with Gasteiger partial charge in [0.15, 0.2) is 5.54 Å². The first-order valence-electron chi connectivity index (χ1n) is 7.41. The fourth-order valence-electron chi connectivity index (χ4n) is 2.08. The maximum atomic E-state index is 12.7. The van der Waals surface area contributed by atoms with Gasteiger partial charge in [-0.3, -0.25) is 14.4 Å². The van der Waals surface area contributed by atoms with E-state index in [1.165, 1.54) is 11.1 Å². The fourth-order valence-corrected chi connectivity index (χ4v) is 2.08. The number of rotatable bonds is 9. The predicted molar refractivity (Wildman–Crippen MR) is 81.5 cm³/mol. The lowest BCUT2D eigenvalue weighted by atomic mass is 9.95. The van der Waals surface area contributed by atoms with Gasteiger partial charge in [0.2, 0.25) is 17.5 Å². The number of nitrogens with zero attached hydrogens (tertiary/aromatic N) is 1. The molecule has 1 amide bonds. The molecule has 0 fully saturated rings. The van der Waals surface area contributed by atoms with Crippen LogP contribution in [0.25, 0.3) is 0 Å². The van der Waals surface area contributed by atoms with Crippen LogP contribution in [0.4, 0.5) is 8.78 Å². The van der Waals surface area contributed by atoms with Crippen molar-refractivity contribution in [3.8, 4) is 0 Å². The van der Waals surface area contributed by atoms with Gasteiger partial charge in [-0.1, -0.05) is 0 Å². The molecule has 1 heterocycles. The van der Waals surface area contributed by atoms with Gasteiger partial charge in [0.1, 0.15) is 6.04 Å². The standard InChI is InChI=1S/C14H20F2N4O5/c15-12(16)14(18,13(24)25)3-1-4-19-11(23)8(17)6-20-5-2-9(21)10(22)7-20/h2,5,8,12H,1,3-4,6-7,17-18H2,(H,19,23)(H,24,25). The molecule has 0 saturated carbocycles. The lowest BCUT2D eigenvalue weighted by Crippen LogP contribution is -2.54. The number of halogens is 2. The molecule has 0 aromatic heterocycles. The van der Waals surface area contributed by atoms with Crippen LogP contribution < -0.4 is 16.8 Å². The summed E-state index contributed by atoms with van der Waals surface area (Å²) >= 11 is 0. The second kappa shape index (κ2) is 8.62. The van der Waals surface area contributed by atoms with E-state index in [1.54, 1.807) is 0 Å². The van der Waals surface area contributed by atoms with Crippen molar-refractivity contribution in [1.29, 1.82) is 0 Å². The van der Waals surface area contributed by atoms with Gasteiger partial charge in [-0.15, -0.1) is 0 Å². The summed E-state index contributed by atoms with van der Waals surface area (Å²) in [6.07, 6.45) is -1.42. The van der Waals surface area contributed by atoms with Crippen LogP contribution in [0.15, 0.2) is 12.3 Å². The summed E-state index contributed by atoms with van der Waals surface area (Å²) in [7, 11) is 0. The van der Waals surface area contributed by atoms with Gasteiger partial charge in [0.05, 0.1) is 6.54 Å². The molecule has 1 aliphatic heterocycles. The average molecular weight is 362 g/mol. The molecule has 11 heteroatoms. The van der Waals surface area contributed by atoms with Gasteiger partial charge >= 0.3 is 5.97 Å². The molecule has 0 aromatic carbocycles. The summed E-state index contributed by atoms with van der Waals surface area (Å²) in [6.45, 7) is -0.286. The zero-order chi connectivity index (χ0) is 19.2. The van der Waals surface area contributed by atoms with Gasteiger partial charge in [-0.05, 0) is 12.8 Å². The van der Waals surface area contributed by atoms with Crippen molar-refractivity contribution < 1.29 is 33.1 Å². The van der Waals surface area contributed by atoms with Crippen LogP contribution in [0.1, 0.15) is 12.8 Å². The van der Waals surface area contributed by atoms with Crippen molar-refractivity contribution in [2.45, 2.75) is 30.8 Å². The van der Waals surface area contributed by atoms with Crippen molar-refractivity contribution >= 4 is 23.4 Å². The Morgan fingerprint density at radius 2 is 2.04 bits per heavy atom. The molecule has 1 aliphatic rings.